The maximum absolute atomic E-state index is 13.9. The van der Waals surface area contributed by atoms with Gasteiger partial charge in [0.05, 0.1) is 36.1 Å². The lowest BCUT2D eigenvalue weighted by molar-refractivity contribution is 0.239. The smallest absolute Gasteiger partial charge is 0.322 e. The molecule has 0 amide bonds. The van der Waals surface area contributed by atoms with E-state index in [1.165, 1.54) is 30.5 Å². The van der Waals surface area contributed by atoms with Gasteiger partial charge in [0.15, 0.2) is 11.6 Å². The van der Waals surface area contributed by atoms with E-state index in [9.17, 15) is 13.9 Å². The highest BCUT2D eigenvalue weighted by Crippen LogP contribution is 2.33. The molecule has 30 heavy (non-hydrogen) atoms. The number of hydrogen-bond acceptors (Lipinski definition) is 5. The van der Waals surface area contributed by atoms with Crippen LogP contribution in [0.2, 0.25) is 0 Å². The van der Waals surface area contributed by atoms with Crippen LogP contribution in [0.1, 0.15) is 13.0 Å². The predicted octanol–water partition coefficient (Wildman–Crippen LogP) is 4.63. The second-order valence-electron chi connectivity index (χ2n) is 6.64. The van der Waals surface area contributed by atoms with Gasteiger partial charge in [-0.25, -0.2) is 18.7 Å². The Kier molecular flexibility index (Phi) is 5.49. The van der Waals surface area contributed by atoms with E-state index >= 15 is 0 Å². The number of rotatable bonds is 6. The molecule has 1 N–H and O–H groups in total. The van der Waals surface area contributed by atoms with Crippen molar-refractivity contribution in [3.8, 4) is 34.4 Å². The van der Waals surface area contributed by atoms with E-state index in [1.54, 1.807) is 41.2 Å². The van der Waals surface area contributed by atoms with Crippen molar-refractivity contribution in [3.63, 3.8) is 0 Å². The van der Waals surface area contributed by atoms with E-state index < -0.39 is 5.82 Å². The van der Waals surface area contributed by atoms with E-state index in [-0.39, 0.29) is 30.2 Å². The lowest BCUT2D eigenvalue weighted by atomic mass is 10.1. The quantitative estimate of drug-likeness (QED) is 0.504. The van der Waals surface area contributed by atoms with E-state index in [2.05, 4.69) is 15.0 Å². The van der Waals surface area contributed by atoms with Gasteiger partial charge in [-0.2, -0.15) is 4.98 Å². The van der Waals surface area contributed by atoms with E-state index in [1.807, 2.05) is 6.92 Å². The van der Waals surface area contributed by atoms with Crippen molar-refractivity contribution in [1.82, 2.24) is 19.5 Å². The molecule has 4 rings (SSSR count). The average molecular weight is 408 g/mol. The zero-order chi connectivity index (χ0) is 21.1. The molecule has 8 heteroatoms. The summed E-state index contributed by atoms with van der Waals surface area (Å²) >= 11 is 0. The minimum Gasteiger partial charge on any atom is -0.421 e. The fourth-order valence-corrected chi connectivity index (χ4v) is 3.00. The molecule has 6 nitrogen and oxygen atoms in total. The molecule has 2 aromatic carbocycles. The third kappa shape index (κ3) is 3.90. The summed E-state index contributed by atoms with van der Waals surface area (Å²) in [6.45, 7) is 1.72. The van der Waals surface area contributed by atoms with Crippen LogP contribution in [0.3, 0.4) is 0 Å². The fraction of sp³-hybridized carbons (Fsp3) is 0.136. The molecule has 0 fully saturated rings. The first-order chi connectivity index (χ1) is 14.6. The maximum atomic E-state index is 13.9. The van der Waals surface area contributed by atoms with E-state index in [0.717, 1.165) is 0 Å². The summed E-state index contributed by atoms with van der Waals surface area (Å²) in [5.74, 6) is -0.880. The van der Waals surface area contributed by atoms with Gasteiger partial charge in [0.25, 0.3) is 0 Å². The van der Waals surface area contributed by atoms with Crippen molar-refractivity contribution in [2.45, 2.75) is 13.0 Å². The molecule has 152 valence electrons. The fourth-order valence-electron chi connectivity index (χ4n) is 3.00. The van der Waals surface area contributed by atoms with Crippen LogP contribution in [0.4, 0.5) is 8.78 Å². The summed E-state index contributed by atoms with van der Waals surface area (Å²) in [6.07, 6.45) is 3.09. The number of para-hydroxylation sites is 1. The minimum atomic E-state index is -0.530. The van der Waals surface area contributed by atoms with Gasteiger partial charge in [-0.15, -0.1) is 0 Å². The number of ether oxygens (including phenoxy) is 1. The summed E-state index contributed by atoms with van der Waals surface area (Å²) in [7, 11) is 0. The van der Waals surface area contributed by atoms with Crippen molar-refractivity contribution >= 4 is 0 Å². The lowest BCUT2D eigenvalue weighted by Gasteiger charge is -2.15. The van der Waals surface area contributed by atoms with Crippen LogP contribution in [0, 0.1) is 11.6 Å². The van der Waals surface area contributed by atoms with Gasteiger partial charge < -0.3 is 14.4 Å². The Morgan fingerprint density at radius 2 is 1.80 bits per heavy atom. The van der Waals surface area contributed by atoms with Crippen LogP contribution in [0.5, 0.6) is 11.8 Å². The number of nitrogens with zero attached hydrogens (tertiary/aromatic N) is 4. The monoisotopic (exact) mass is 408 g/mol. The third-order valence-electron chi connectivity index (χ3n) is 4.56. The number of benzene rings is 2. The molecular weight excluding hydrogens is 390 g/mol. The Morgan fingerprint density at radius 1 is 1.03 bits per heavy atom. The van der Waals surface area contributed by atoms with Gasteiger partial charge in [0, 0.05) is 11.8 Å². The van der Waals surface area contributed by atoms with Gasteiger partial charge in [-0.05, 0) is 49.4 Å². The Balaban J connectivity index is 1.80. The Hall–Kier alpha value is -3.65. The van der Waals surface area contributed by atoms with Crippen LogP contribution in [-0.4, -0.2) is 31.2 Å². The van der Waals surface area contributed by atoms with Crippen LogP contribution in [0.15, 0.2) is 67.1 Å². The number of aromatic nitrogens is 4. The van der Waals surface area contributed by atoms with E-state index in [0.29, 0.717) is 22.6 Å². The van der Waals surface area contributed by atoms with Crippen LogP contribution in [0.25, 0.3) is 22.6 Å². The molecule has 0 aliphatic carbocycles. The first-order valence-corrected chi connectivity index (χ1v) is 9.26. The zero-order valence-corrected chi connectivity index (χ0v) is 16.0. The van der Waals surface area contributed by atoms with Crippen LogP contribution < -0.4 is 4.74 Å². The molecule has 1 atom stereocenters. The second-order valence-corrected chi connectivity index (χ2v) is 6.64. The standard InChI is InChI=1S/C22H18F2N4O2/c1-14(12-29)28-13-26-20(15-6-8-16(23)9-7-15)21(28)18-10-11-25-22(27-18)30-19-5-3-2-4-17(19)24/h2-11,13-14,29H,12H2,1H3. The maximum Gasteiger partial charge on any atom is 0.322 e. The molecule has 0 aliphatic heterocycles. The molecule has 1 unspecified atom stereocenters. The number of aliphatic hydroxyl groups is 1. The Morgan fingerprint density at radius 3 is 2.53 bits per heavy atom. The zero-order valence-electron chi connectivity index (χ0n) is 16.0. The van der Waals surface area contributed by atoms with Crippen molar-refractivity contribution in [2.24, 2.45) is 0 Å². The van der Waals surface area contributed by atoms with Gasteiger partial charge in [-0.3, -0.25) is 0 Å². The highest BCUT2D eigenvalue weighted by Gasteiger charge is 2.20. The summed E-state index contributed by atoms with van der Waals surface area (Å²) in [4.78, 5) is 12.9. The first kappa shape index (κ1) is 19.7. The average Bonchev–Trinajstić information content (AvgIpc) is 3.21. The number of aliphatic hydroxyl groups excluding tert-OH is 1. The van der Waals surface area contributed by atoms with Crippen molar-refractivity contribution < 1.29 is 18.6 Å². The Labute approximate surface area is 171 Å². The summed E-state index contributed by atoms with van der Waals surface area (Å²) in [6, 6.07) is 13.2. The topological polar surface area (TPSA) is 73.1 Å². The van der Waals surface area contributed by atoms with Crippen molar-refractivity contribution in [1.29, 1.82) is 0 Å². The number of hydrogen-bond donors (Lipinski definition) is 1. The molecule has 2 aromatic heterocycles. The van der Waals surface area contributed by atoms with Crippen molar-refractivity contribution in [2.75, 3.05) is 6.61 Å². The molecular formula is C22H18F2N4O2. The lowest BCUT2D eigenvalue weighted by Crippen LogP contribution is -2.10. The molecule has 4 aromatic rings. The first-order valence-electron chi connectivity index (χ1n) is 9.26. The summed E-state index contributed by atoms with van der Waals surface area (Å²) in [5.41, 5.74) is 2.31. The summed E-state index contributed by atoms with van der Waals surface area (Å²) in [5, 5.41) is 9.66. The molecule has 0 aliphatic rings. The van der Waals surface area contributed by atoms with Gasteiger partial charge in [-0.1, -0.05) is 12.1 Å². The SMILES string of the molecule is CC(CO)n1cnc(-c2ccc(F)cc2)c1-c1ccnc(Oc2ccccc2F)n1. The van der Waals surface area contributed by atoms with Crippen molar-refractivity contribution in [3.05, 3.63) is 78.8 Å². The molecule has 0 radical (unpaired) electrons. The third-order valence-corrected chi connectivity index (χ3v) is 4.56. The van der Waals surface area contributed by atoms with Gasteiger partial charge >= 0.3 is 6.01 Å². The molecule has 0 saturated heterocycles. The predicted molar refractivity (Wildman–Crippen MR) is 107 cm³/mol. The minimum absolute atomic E-state index is 0.00522. The molecule has 0 saturated carbocycles. The van der Waals surface area contributed by atoms with Gasteiger partial charge in [0.2, 0.25) is 0 Å². The highest BCUT2D eigenvalue weighted by molar-refractivity contribution is 5.77. The molecule has 0 bridgehead atoms. The second kappa shape index (κ2) is 8.38. The molecule has 2 heterocycles. The summed E-state index contributed by atoms with van der Waals surface area (Å²) < 4.78 is 34.6. The van der Waals surface area contributed by atoms with Gasteiger partial charge in [0.1, 0.15) is 5.82 Å². The normalized spacial score (nSPS) is 12.0. The number of halogens is 2. The number of imidazole rings is 1. The van der Waals surface area contributed by atoms with Crippen LogP contribution >= 0.6 is 0 Å². The largest absolute Gasteiger partial charge is 0.421 e. The Bertz CT molecular complexity index is 1160. The van der Waals surface area contributed by atoms with Crippen LogP contribution in [-0.2, 0) is 0 Å². The van der Waals surface area contributed by atoms with E-state index in [4.69, 9.17) is 4.74 Å². The molecule has 0 spiro atoms. The highest BCUT2D eigenvalue weighted by atomic mass is 19.1.